The summed E-state index contributed by atoms with van der Waals surface area (Å²) in [6, 6.07) is 4.21. The van der Waals surface area contributed by atoms with Gasteiger partial charge in [-0.25, -0.2) is 4.98 Å². The number of aromatic nitrogens is 1. The second-order valence-corrected chi connectivity index (χ2v) is 7.70. The molecular weight excluding hydrogens is 324 g/mol. The molecule has 0 aliphatic carbocycles. The van der Waals surface area contributed by atoms with Crippen molar-refractivity contribution in [1.29, 1.82) is 0 Å². The molecule has 144 valence electrons. The van der Waals surface area contributed by atoms with Gasteiger partial charge in [-0.05, 0) is 51.4 Å². The molecule has 5 nitrogen and oxygen atoms in total. The van der Waals surface area contributed by atoms with E-state index in [2.05, 4.69) is 39.4 Å². The van der Waals surface area contributed by atoms with Gasteiger partial charge in [0, 0.05) is 51.5 Å². The maximum absolute atomic E-state index is 6.22. The van der Waals surface area contributed by atoms with Gasteiger partial charge in [0.2, 0.25) is 5.88 Å². The van der Waals surface area contributed by atoms with Crippen LogP contribution in [-0.2, 0) is 6.54 Å². The van der Waals surface area contributed by atoms with Crippen molar-refractivity contribution in [1.82, 2.24) is 19.7 Å². The highest BCUT2D eigenvalue weighted by Crippen LogP contribution is 2.17. The van der Waals surface area contributed by atoms with Crippen molar-refractivity contribution < 1.29 is 4.74 Å². The van der Waals surface area contributed by atoms with E-state index >= 15 is 0 Å². The second-order valence-electron chi connectivity index (χ2n) is 7.70. The fraction of sp³-hybridized carbons (Fsp3) is 0.667. The van der Waals surface area contributed by atoms with Crippen LogP contribution in [0.15, 0.2) is 31.0 Å². The monoisotopic (exact) mass is 358 g/mol. The molecule has 26 heavy (non-hydrogen) atoms. The van der Waals surface area contributed by atoms with Gasteiger partial charge in [-0.1, -0.05) is 12.1 Å². The average Bonchev–Trinajstić information content (AvgIpc) is 3.16. The SMILES string of the molecule is C=CCC[C@H](CN1CCCC1)Oc1ccc(CN2CCN(C)CC2)cn1. The Morgan fingerprint density at radius 2 is 1.88 bits per heavy atom. The van der Waals surface area contributed by atoms with Crippen LogP contribution in [0.5, 0.6) is 5.88 Å². The molecule has 0 unspecified atom stereocenters. The van der Waals surface area contributed by atoms with Crippen molar-refractivity contribution in [2.75, 3.05) is 52.9 Å². The Balaban J connectivity index is 1.51. The molecular formula is C21H34N4O. The largest absolute Gasteiger partial charge is 0.473 e. The van der Waals surface area contributed by atoms with Crippen LogP contribution >= 0.6 is 0 Å². The zero-order valence-electron chi connectivity index (χ0n) is 16.3. The number of ether oxygens (including phenoxy) is 1. The maximum Gasteiger partial charge on any atom is 0.213 e. The number of allylic oxidation sites excluding steroid dienone is 1. The van der Waals surface area contributed by atoms with Crippen LogP contribution in [0.3, 0.4) is 0 Å². The summed E-state index contributed by atoms with van der Waals surface area (Å²) in [5, 5.41) is 0. The number of likely N-dealkylation sites (N-methyl/N-ethyl adjacent to an activating group) is 1. The number of likely N-dealkylation sites (tertiary alicyclic amines) is 1. The first-order valence-corrected chi connectivity index (χ1v) is 10.1. The lowest BCUT2D eigenvalue weighted by Gasteiger charge is -2.32. The number of hydrogen-bond donors (Lipinski definition) is 0. The predicted molar refractivity (Wildman–Crippen MR) is 107 cm³/mol. The molecule has 3 heterocycles. The van der Waals surface area contributed by atoms with Crippen LogP contribution in [0.25, 0.3) is 0 Å². The summed E-state index contributed by atoms with van der Waals surface area (Å²) in [6.07, 6.45) is 8.77. The highest BCUT2D eigenvalue weighted by molar-refractivity contribution is 5.18. The first kappa shape index (κ1) is 19.3. The fourth-order valence-corrected chi connectivity index (χ4v) is 3.75. The first-order chi connectivity index (χ1) is 12.7. The summed E-state index contributed by atoms with van der Waals surface area (Å²) < 4.78 is 6.22. The molecule has 1 aromatic rings. The van der Waals surface area contributed by atoms with Crippen LogP contribution in [-0.4, -0.2) is 78.6 Å². The summed E-state index contributed by atoms with van der Waals surface area (Å²) in [5.41, 5.74) is 1.27. The number of piperazine rings is 1. The van der Waals surface area contributed by atoms with E-state index in [4.69, 9.17) is 4.74 Å². The smallest absolute Gasteiger partial charge is 0.213 e. The predicted octanol–water partition coefficient (Wildman–Crippen LogP) is 2.64. The van der Waals surface area contributed by atoms with Crippen molar-refractivity contribution in [2.45, 2.75) is 38.3 Å². The number of hydrogen-bond acceptors (Lipinski definition) is 5. The second kappa shape index (κ2) is 10.0. The summed E-state index contributed by atoms with van der Waals surface area (Å²) in [4.78, 5) is 12.0. The van der Waals surface area contributed by atoms with Crippen molar-refractivity contribution in [3.05, 3.63) is 36.5 Å². The van der Waals surface area contributed by atoms with Crippen LogP contribution in [0.4, 0.5) is 0 Å². The van der Waals surface area contributed by atoms with Gasteiger partial charge in [-0.15, -0.1) is 6.58 Å². The Bertz CT molecular complexity index is 533. The normalized spacial score (nSPS) is 21.0. The van der Waals surface area contributed by atoms with E-state index in [-0.39, 0.29) is 6.10 Å². The maximum atomic E-state index is 6.22. The Kier molecular flexibility index (Phi) is 7.47. The Morgan fingerprint density at radius 1 is 1.12 bits per heavy atom. The summed E-state index contributed by atoms with van der Waals surface area (Å²) in [7, 11) is 2.19. The highest BCUT2D eigenvalue weighted by Gasteiger charge is 2.19. The molecule has 1 aromatic heterocycles. The average molecular weight is 359 g/mol. The highest BCUT2D eigenvalue weighted by atomic mass is 16.5. The van der Waals surface area contributed by atoms with Crippen molar-refractivity contribution in [3.8, 4) is 5.88 Å². The Labute approximate surface area is 158 Å². The van der Waals surface area contributed by atoms with Crippen molar-refractivity contribution in [3.63, 3.8) is 0 Å². The summed E-state index contributed by atoms with van der Waals surface area (Å²) >= 11 is 0. The minimum atomic E-state index is 0.196. The number of nitrogens with zero attached hydrogens (tertiary/aromatic N) is 4. The lowest BCUT2D eigenvalue weighted by Crippen LogP contribution is -2.43. The molecule has 1 atom stereocenters. The van der Waals surface area contributed by atoms with Gasteiger partial charge in [0.1, 0.15) is 6.10 Å². The van der Waals surface area contributed by atoms with Gasteiger partial charge in [0.15, 0.2) is 0 Å². The van der Waals surface area contributed by atoms with E-state index in [1.165, 1.54) is 31.5 Å². The first-order valence-electron chi connectivity index (χ1n) is 10.1. The number of pyridine rings is 1. The molecule has 2 aliphatic rings. The standard InChI is InChI=1S/C21H34N4O/c1-3-4-7-20(18-24-10-5-6-11-24)26-21-9-8-19(16-22-21)17-25-14-12-23(2)13-15-25/h3,8-9,16,20H,1,4-7,10-15,17-18H2,2H3/t20-/m1/s1. The molecule has 0 saturated carbocycles. The van der Waals surface area contributed by atoms with Crippen LogP contribution in [0.2, 0.25) is 0 Å². The van der Waals surface area contributed by atoms with E-state index in [9.17, 15) is 0 Å². The topological polar surface area (TPSA) is 31.8 Å². The molecule has 2 saturated heterocycles. The lowest BCUT2D eigenvalue weighted by atomic mass is 10.2. The fourth-order valence-electron chi connectivity index (χ4n) is 3.75. The molecule has 0 N–H and O–H groups in total. The summed E-state index contributed by atoms with van der Waals surface area (Å²) in [6.45, 7) is 12.8. The van der Waals surface area contributed by atoms with Gasteiger partial charge < -0.3 is 9.64 Å². The Morgan fingerprint density at radius 3 is 2.54 bits per heavy atom. The Hall–Kier alpha value is -1.43. The molecule has 0 amide bonds. The van der Waals surface area contributed by atoms with Crippen molar-refractivity contribution >= 4 is 0 Å². The molecule has 0 aromatic carbocycles. The molecule has 2 aliphatic heterocycles. The van der Waals surface area contributed by atoms with Gasteiger partial charge in [0.25, 0.3) is 0 Å². The molecule has 0 spiro atoms. The van der Waals surface area contributed by atoms with Crippen molar-refractivity contribution in [2.24, 2.45) is 0 Å². The van der Waals surface area contributed by atoms with Crippen LogP contribution < -0.4 is 4.74 Å². The van der Waals surface area contributed by atoms with E-state index in [0.29, 0.717) is 0 Å². The third kappa shape index (κ3) is 6.08. The van der Waals surface area contributed by atoms with Gasteiger partial charge in [-0.2, -0.15) is 0 Å². The molecule has 2 fully saturated rings. The quantitative estimate of drug-likeness (QED) is 0.634. The minimum absolute atomic E-state index is 0.196. The van der Waals surface area contributed by atoms with E-state index in [1.54, 1.807) is 0 Å². The van der Waals surface area contributed by atoms with Gasteiger partial charge >= 0.3 is 0 Å². The van der Waals surface area contributed by atoms with E-state index in [0.717, 1.165) is 58.0 Å². The minimum Gasteiger partial charge on any atom is -0.473 e. The third-order valence-corrected chi connectivity index (χ3v) is 5.44. The zero-order valence-corrected chi connectivity index (χ0v) is 16.3. The lowest BCUT2D eigenvalue weighted by molar-refractivity contribution is 0.134. The molecule has 0 bridgehead atoms. The van der Waals surface area contributed by atoms with E-state index < -0.39 is 0 Å². The van der Waals surface area contributed by atoms with Gasteiger partial charge in [0.05, 0.1) is 0 Å². The molecule has 0 radical (unpaired) electrons. The molecule has 3 rings (SSSR count). The molecule has 5 heteroatoms. The zero-order chi connectivity index (χ0) is 18.2. The van der Waals surface area contributed by atoms with Crippen LogP contribution in [0, 0.1) is 0 Å². The number of rotatable bonds is 9. The van der Waals surface area contributed by atoms with Gasteiger partial charge in [-0.3, -0.25) is 9.80 Å². The third-order valence-electron chi connectivity index (χ3n) is 5.44. The van der Waals surface area contributed by atoms with E-state index in [1.807, 2.05) is 18.3 Å². The van der Waals surface area contributed by atoms with Crippen LogP contribution in [0.1, 0.15) is 31.2 Å². The summed E-state index contributed by atoms with van der Waals surface area (Å²) in [5.74, 6) is 0.750.